The van der Waals surface area contributed by atoms with E-state index in [9.17, 15) is 10.1 Å². The van der Waals surface area contributed by atoms with Crippen LogP contribution < -0.4 is 0 Å². The van der Waals surface area contributed by atoms with Gasteiger partial charge in [-0.15, -0.1) is 0 Å². The number of hydrogen-bond acceptors (Lipinski definition) is 3. The van der Waals surface area contributed by atoms with Crippen molar-refractivity contribution in [1.82, 2.24) is 0 Å². The Labute approximate surface area is 121 Å². The number of benzene rings is 1. The van der Waals surface area contributed by atoms with Crippen molar-refractivity contribution in [2.75, 3.05) is 0 Å². The minimum atomic E-state index is -1.21. The maximum atomic E-state index is 12.1. The molecule has 0 spiro atoms. The molecule has 1 aromatic rings. The van der Waals surface area contributed by atoms with Crippen LogP contribution in [-0.2, 0) is 9.53 Å². The van der Waals surface area contributed by atoms with Crippen molar-refractivity contribution >= 4 is 27.5 Å². The van der Waals surface area contributed by atoms with Crippen molar-refractivity contribution in [3.05, 3.63) is 40.4 Å². The van der Waals surface area contributed by atoms with E-state index in [1.165, 1.54) is 0 Å². The topological polar surface area (TPSA) is 50.1 Å². The number of halogens is 1. The molecule has 0 amide bonds. The Morgan fingerprint density at radius 1 is 1.32 bits per heavy atom. The summed E-state index contributed by atoms with van der Waals surface area (Å²) in [5.41, 5.74) is -0.212. The van der Waals surface area contributed by atoms with Gasteiger partial charge in [0.2, 0.25) is 0 Å². The largest absolute Gasteiger partial charge is 0.458 e. The molecule has 98 valence electrons. The van der Waals surface area contributed by atoms with Crippen molar-refractivity contribution in [3.63, 3.8) is 0 Å². The molecule has 1 aliphatic carbocycles. The third-order valence-corrected chi connectivity index (χ3v) is 3.28. The maximum Gasteiger partial charge on any atom is 0.335 e. The van der Waals surface area contributed by atoms with Gasteiger partial charge in [-0.25, -0.2) is 4.79 Å². The minimum absolute atomic E-state index is 0.500. The highest BCUT2D eigenvalue weighted by molar-refractivity contribution is 9.10. The smallest absolute Gasteiger partial charge is 0.335 e. The Balaban J connectivity index is 2.20. The Hall–Kier alpha value is -1.60. The van der Waals surface area contributed by atoms with Crippen molar-refractivity contribution < 1.29 is 9.53 Å². The molecule has 0 radical (unpaired) electrons. The summed E-state index contributed by atoms with van der Waals surface area (Å²) in [6.07, 6.45) is 1.66. The van der Waals surface area contributed by atoms with Crippen LogP contribution in [0.1, 0.15) is 26.3 Å². The molecule has 1 unspecified atom stereocenters. The highest BCUT2D eigenvalue weighted by Gasteiger charge is 2.54. The minimum Gasteiger partial charge on any atom is -0.458 e. The second-order valence-electron chi connectivity index (χ2n) is 5.49. The quantitative estimate of drug-likeness (QED) is 0.781. The van der Waals surface area contributed by atoms with Crippen LogP contribution >= 0.6 is 15.9 Å². The van der Waals surface area contributed by atoms with Crippen LogP contribution in [0.4, 0.5) is 0 Å². The summed E-state index contributed by atoms with van der Waals surface area (Å²) in [6, 6.07) is 9.57. The summed E-state index contributed by atoms with van der Waals surface area (Å²) in [5.74, 6) is -0.500. The molecule has 0 N–H and O–H groups in total. The normalized spacial score (nSPS) is 21.3. The number of rotatable bonds is 2. The molecule has 0 fully saturated rings. The van der Waals surface area contributed by atoms with Gasteiger partial charge in [0.05, 0.1) is 6.07 Å². The van der Waals surface area contributed by atoms with E-state index < -0.39 is 17.0 Å². The van der Waals surface area contributed by atoms with Gasteiger partial charge in [0.15, 0.2) is 5.41 Å². The number of carbonyl (C=O) groups excluding carboxylic acids is 1. The van der Waals surface area contributed by atoms with Crippen LogP contribution in [-0.4, -0.2) is 11.6 Å². The van der Waals surface area contributed by atoms with E-state index in [4.69, 9.17) is 4.74 Å². The Morgan fingerprint density at radius 3 is 2.37 bits per heavy atom. The van der Waals surface area contributed by atoms with Gasteiger partial charge in [-0.2, -0.15) is 5.26 Å². The molecular formula is C15H14BrNO2. The van der Waals surface area contributed by atoms with E-state index in [1.54, 1.807) is 26.8 Å². The molecule has 0 aliphatic heterocycles. The predicted octanol–water partition coefficient (Wildman–Crippen LogP) is 3.70. The van der Waals surface area contributed by atoms with Crippen molar-refractivity contribution in [2.24, 2.45) is 5.41 Å². The van der Waals surface area contributed by atoms with Gasteiger partial charge in [-0.3, -0.25) is 0 Å². The number of carbonyl (C=O) groups is 1. The summed E-state index contributed by atoms with van der Waals surface area (Å²) in [7, 11) is 0. The first-order valence-corrected chi connectivity index (χ1v) is 6.72. The summed E-state index contributed by atoms with van der Waals surface area (Å²) in [6.45, 7) is 5.37. The molecule has 1 aromatic carbocycles. The van der Waals surface area contributed by atoms with E-state index in [0.717, 1.165) is 15.6 Å². The lowest BCUT2D eigenvalue weighted by molar-refractivity contribution is -0.157. The Bertz CT molecular complexity index is 590. The molecular weight excluding hydrogens is 306 g/mol. The van der Waals surface area contributed by atoms with Crippen molar-refractivity contribution in [1.29, 1.82) is 5.26 Å². The van der Waals surface area contributed by atoms with E-state index in [1.807, 2.05) is 24.3 Å². The van der Waals surface area contributed by atoms with Crippen molar-refractivity contribution in [3.8, 4) is 6.07 Å². The first kappa shape index (κ1) is 13.8. The molecule has 0 saturated heterocycles. The molecule has 0 aromatic heterocycles. The van der Waals surface area contributed by atoms with Crippen LogP contribution in [0.3, 0.4) is 0 Å². The average Bonchev–Trinajstić information content (AvgIpc) is 3.04. The predicted molar refractivity (Wildman–Crippen MR) is 76.0 cm³/mol. The number of nitriles is 1. The maximum absolute atomic E-state index is 12.1. The fourth-order valence-electron chi connectivity index (χ4n) is 1.79. The highest BCUT2D eigenvalue weighted by atomic mass is 79.9. The first-order chi connectivity index (χ1) is 8.78. The lowest BCUT2D eigenvalue weighted by Gasteiger charge is -2.22. The first-order valence-electron chi connectivity index (χ1n) is 5.92. The van der Waals surface area contributed by atoms with Gasteiger partial charge in [0.25, 0.3) is 0 Å². The summed E-state index contributed by atoms with van der Waals surface area (Å²) in [4.78, 5) is 12.1. The molecule has 0 saturated carbocycles. The number of nitrogens with zero attached hydrogens (tertiary/aromatic N) is 1. The van der Waals surface area contributed by atoms with Gasteiger partial charge >= 0.3 is 5.97 Å². The molecule has 19 heavy (non-hydrogen) atoms. The number of hydrogen-bond donors (Lipinski definition) is 0. The highest BCUT2D eigenvalue weighted by Crippen LogP contribution is 2.51. The average molecular weight is 320 g/mol. The van der Waals surface area contributed by atoms with Gasteiger partial charge in [0.1, 0.15) is 5.60 Å². The van der Waals surface area contributed by atoms with Crippen LogP contribution in [0, 0.1) is 16.7 Å². The molecule has 0 heterocycles. The van der Waals surface area contributed by atoms with Crippen LogP contribution in [0.5, 0.6) is 0 Å². The summed E-state index contributed by atoms with van der Waals surface area (Å²) in [5, 5.41) is 9.30. The number of ether oxygens (including phenoxy) is 1. The zero-order valence-electron chi connectivity index (χ0n) is 11.0. The van der Waals surface area contributed by atoms with Crippen LogP contribution in [0.15, 0.2) is 34.8 Å². The van der Waals surface area contributed by atoms with Crippen LogP contribution in [0.25, 0.3) is 5.57 Å². The lowest BCUT2D eigenvalue weighted by atomic mass is 9.98. The van der Waals surface area contributed by atoms with Gasteiger partial charge in [0, 0.05) is 4.47 Å². The third kappa shape index (κ3) is 2.71. The lowest BCUT2D eigenvalue weighted by Crippen LogP contribution is -2.30. The molecule has 4 heteroatoms. The zero-order valence-corrected chi connectivity index (χ0v) is 12.6. The summed E-state index contributed by atoms with van der Waals surface area (Å²) >= 11 is 3.35. The van der Waals surface area contributed by atoms with E-state index in [0.29, 0.717) is 0 Å². The molecule has 3 nitrogen and oxygen atoms in total. The van der Waals surface area contributed by atoms with Gasteiger partial charge in [-0.1, -0.05) is 28.1 Å². The van der Waals surface area contributed by atoms with E-state index in [2.05, 4.69) is 22.0 Å². The second kappa shape index (κ2) is 4.50. The van der Waals surface area contributed by atoms with E-state index in [-0.39, 0.29) is 0 Å². The zero-order chi connectivity index (χ0) is 14.3. The SMILES string of the molecule is CC(C)(C)OC(=O)C1(C#N)C=C1c1ccc(Br)cc1. The summed E-state index contributed by atoms with van der Waals surface area (Å²) < 4.78 is 6.26. The molecule has 0 bridgehead atoms. The monoisotopic (exact) mass is 319 g/mol. The van der Waals surface area contributed by atoms with E-state index >= 15 is 0 Å². The van der Waals surface area contributed by atoms with Crippen molar-refractivity contribution in [2.45, 2.75) is 26.4 Å². The molecule has 1 atom stereocenters. The fourth-order valence-corrected chi connectivity index (χ4v) is 2.05. The standard InChI is InChI=1S/C15H14BrNO2/c1-14(2,3)19-13(18)15(9-17)8-12(15)10-4-6-11(16)7-5-10/h4-8H,1-3H3. The third-order valence-electron chi connectivity index (χ3n) is 2.75. The van der Waals surface area contributed by atoms with Gasteiger partial charge < -0.3 is 4.74 Å². The molecule has 1 aliphatic rings. The second-order valence-corrected chi connectivity index (χ2v) is 6.40. The van der Waals surface area contributed by atoms with Gasteiger partial charge in [-0.05, 0) is 50.1 Å². The Morgan fingerprint density at radius 2 is 1.89 bits per heavy atom. The Kier molecular flexibility index (Phi) is 3.27. The fraction of sp³-hybridized carbons (Fsp3) is 0.333. The molecule has 2 rings (SSSR count). The number of esters is 1. The van der Waals surface area contributed by atoms with Crippen LogP contribution in [0.2, 0.25) is 0 Å².